The largest absolute Gasteiger partial charge is 0.508 e. The Kier molecular flexibility index (Phi) is 4.31. The number of aryl methyl sites for hydroxylation is 1. The number of hydrogen-bond acceptors (Lipinski definition) is 5. The van der Waals surface area contributed by atoms with Crippen molar-refractivity contribution in [2.24, 2.45) is 5.92 Å². The van der Waals surface area contributed by atoms with Crippen molar-refractivity contribution in [1.82, 2.24) is 0 Å². The molecule has 0 spiro atoms. The summed E-state index contributed by atoms with van der Waals surface area (Å²) in [5.41, 5.74) is 0.837. The summed E-state index contributed by atoms with van der Waals surface area (Å²) < 4.78 is 10.4. The second kappa shape index (κ2) is 5.99. The quantitative estimate of drug-likeness (QED) is 0.692. The Morgan fingerprint density at radius 2 is 2.14 bits per heavy atom. The normalized spacial score (nSPS) is 12.3. The molecule has 1 heterocycles. The van der Waals surface area contributed by atoms with Crippen molar-refractivity contribution < 1.29 is 19.1 Å². The first-order valence-electron chi connectivity index (χ1n) is 6.86. The van der Waals surface area contributed by atoms with Crippen molar-refractivity contribution in [3.8, 4) is 5.75 Å². The molecule has 0 radical (unpaired) electrons. The van der Waals surface area contributed by atoms with Crippen LogP contribution < -0.4 is 5.63 Å². The minimum Gasteiger partial charge on any atom is -0.508 e. The van der Waals surface area contributed by atoms with E-state index in [1.165, 1.54) is 12.1 Å². The van der Waals surface area contributed by atoms with E-state index in [1.807, 2.05) is 6.92 Å². The summed E-state index contributed by atoms with van der Waals surface area (Å²) in [5.74, 6) is -0.420. The molecular formula is C16H18O5. The molecule has 1 N–H and O–H groups in total. The van der Waals surface area contributed by atoms with E-state index in [2.05, 4.69) is 0 Å². The minimum absolute atomic E-state index is 0.00941. The van der Waals surface area contributed by atoms with Crippen LogP contribution in [0.1, 0.15) is 31.4 Å². The summed E-state index contributed by atoms with van der Waals surface area (Å²) in [5, 5.41) is 10.3. The molecule has 0 aliphatic rings. The topological polar surface area (TPSA) is 76.7 Å². The molecular weight excluding hydrogens is 272 g/mol. The van der Waals surface area contributed by atoms with Gasteiger partial charge in [-0.25, -0.2) is 4.79 Å². The number of carbonyl (C=O) groups excluding carboxylic acids is 1. The van der Waals surface area contributed by atoms with Gasteiger partial charge in [-0.1, -0.05) is 13.8 Å². The molecule has 0 unspecified atom stereocenters. The van der Waals surface area contributed by atoms with Crippen molar-refractivity contribution in [3.05, 3.63) is 39.7 Å². The van der Waals surface area contributed by atoms with E-state index in [4.69, 9.17) is 9.15 Å². The third kappa shape index (κ3) is 3.07. The van der Waals surface area contributed by atoms with E-state index >= 15 is 0 Å². The Balaban J connectivity index is 2.38. The zero-order chi connectivity index (χ0) is 15.6. The summed E-state index contributed by atoms with van der Waals surface area (Å²) in [6.07, 6.45) is 0.698. The lowest BCUT2D eigenvalue weighted by Crippen LogP contribution is -2.14. The first kappa shape index (κ1) is 15.1. The number of hydrogen-bond donors (Lipinski definition) is 1. The van der Waals surface area contributed by atoms with Gasteiger partial charge in [0.1, 0.15) is 17.9 Å². The van der Waals surface area contributed by atoms with Gasteiger partial charge in [-0.15, -0.1) is 0 Å². The standard InChI is InChI=1S/C16H18O5/c1-4-9(2)16(19)20-8-11-7-14(18)21-15-10(3)13(17)6-5-12(11)15/h5-7,9,17H,4,8H2,1-3H3/t9-/m0/s1. The molecule has 2 rings (SSSR count). The number of esters is 1. The molecule has 21 heavy (non-hydrogen) atoms. The van der Waals surface area contributed by atoms with Gasteiger partial charge in [0, 0.05) is 22.6 Å². The summed E-state index contributed by atoms with van der Waals surface area (Å²) >= 11 is 0. The van der Waals surface area contributed by atoms with Crippen LogP contribution in [0, 0.1) is 12.8 Å². The highest BCUT2D eigenvalue weighted by Gasteiger charge is 2.15. The van der Waals surface area contributed by atoms with Crippen molar-refractivity contribution in [3.63, 3.8) is 0 Å². The molecule has 0 bridgehead atoms. The van der Waals surface area contributed by atoms with Gasteiger partial charge in [0.15, 0.2) is 0 Å². The maximum absolute atomic E-state index is 11.7. The molecule has 5 heteroatoms. The van der Waals surface area contributed by atoms with Crippen molar-refractivity contribution in [2.45, 2.75) is 33.8 Å². The number of fused-ring (bicyclic) bond motifs is 1. The molecule has 112 valence electrons. The van der Waals surface area contributed by atoms with Crippen LogP contribution in [-0.2, 0) is 16.1 Å². The Morgan fingerprint density at radius 1 is 1.43 bits per heavy atom. The van der Waals surface area contributed by atoms with Gasteiger partial charge in [-0.05, 0) is 25.5 Å². The predicted molar refractivity (Wildman–Crippen MR) is 78.1 cm³/mol. The number of benzene rings is 1. The summed E-state index contributed by atoms with van der Waals surface area (Å²) in [7, 11) is 0. The number of carbonyl (C=O) groups is 1. The third-order valence-corrected chi connectivity index (χ3v) is 3.60. The van der Waals surface area contributed by atoms with Crippen LogP contribution in [-0.4, -0.2) is 11.1 Å². The highest BCUT2D eigenvalue weighted by Crippen LogP contribution is 2.27. The van der Waals surface area contributed by atoms with Crippen LogP contribution in [0.4, 0.5) is 0 Å². The molecule has 0 aliphatic heterocycles. The predicted octanol–water partition coefficient (Wildman–Crippen LogP) is 2.90. The van der Waals surface area contributed by atoms with Gasteiger partial charge in [0.2, 0.25) is 0 Å². The van der Waals surface area contributed by atoms with E-state index in [-0.39, 0.29) is 24.2 Å². The van der Waals surface area contributed by atoms with Gasteiger partial charge in [0.25, 0.3) is 0 Å². The smallest absolute Gasteiger partial charge is 0.336 e. The lowest BCUT2D eigenvalue weighted by atomic mass is 10.1. The van der Waals surface area contributed by atoms with Gasteiger partial charge in [-0.3, -0.25) is 4.79 Å². The molecule has 1 atom stereocenters. The fraction of sp³-hybridized carbons (Fsp3) is 0.375. The van der Waals surface area contributed by atoms with E-state index < -0.39 is 5.63 Å². The van der Waals surface area contributed by atoms with E-state index in [0.717, 1.165) is 0 Å². The first-order valence-corrected chi connectivity index (χ1v) is 6.86. The SMILES string of the molecule is CC[C@H](C)C(=O)OCc1cc(=O)oc2c(C)c(O)ccc12. The van der Waals surface area contributed by atoms with Crippen LogP contribution in [0.2, 0.25) is 0 Å². The summed E-state index contributed by atoms with van der Waals surface area (Å²) in [4.78, 5) is 23.3. The minimum atomic E-state index is -0.536. The first-order chi connectivity index (χ1) is 9.93. The summed E-state index contributed by atoms with van der Waals surface area (Å²) in [6.45, 7) is 5.37. The van der Waals surface area contributed by atoms with Crippen LogP contribution in [0.3, 0.4) is 0 Å². The lowest BCUT2D eigenvalue weighted by molar-refractivity contribution is -0.149. The molecule has 1 aromatic carbocycles. The molecule has 0 saturated heterocycles. The Hall–Kier alpha value is -2.30. The zero-order valence-electron chi connectivity index (χ0n) is 12.3. The fourth-order valence-corrected chi connectivity index (χ4v) is 1.99. The second-order valence-corrected chi connectivity index (χ2v) is 5.09. The highest BCUT2D eigenvalue weighted by atomic mass is 16.5. The third-order valence-electron chi connectivity index (χ3n) is 3.60. The maximum Gasteiger partial charge on any atom is 0.336 e. The van der Waals surface area contributed by atoms with Crippen LogP contribution in [0.5, 0.6) is 5.75 Å². The molecule has 5 nitrogen and oxygen atoms in total. The van der Waals surface area contributed by atoms with Crippen LogP contribution >= 0.6 is 0 Å². The van der Waals surface area contributed by atoms with Crippen molar-refractivity contribution in [1.29, 1.82) is 0 Å². The molecule has 0 fully saturated rings. The van der Waals surface area contributed by atoms with Crippen molar-refractivity contribution in [2.75, 3.05) is 0 Å². The molecule has 0 amide bonds. The number of phenols is 1. The molecule has 0 aliphatic carbocycles. The Morgan fingerprint density at radius 3 is 2.81 bits per heavy atom. The molecule has 0 saturated carbocycles. The van der Waals surface area contributed by atoms with Crippen LogP contribution in [0.25, 0.3) is 11.0 Å². The van der Waals surface area contributed by atoms with Gasteiger partial charge in [-0.2, -0.15) is 0 Å². The van der Waals surface area contributed by atoms with E-state index in [1.54, 1.807) is 19.9 Å². The average molecular weight is 290 g/mol. The Labute approximate surface area is 122 Å². The van der Waals surface area contributed by atoms with E-state index in [0.29, 0.717) is 28.5 Å². The lowest BCUT2D eigenvalue weighted by Gasteiger charge is -2.11. The van der Waals surface area contributed by atoms with Gasteiger partial charge in [0.05, 0.1) is 5.92 Å². The molecule has 2 aromatic rings. The fourth-order valence-electron chi connectivity index (χ4n) is 1.99. The van der Waals surface area contributed by atoms with Crippen molar-refractivity contribution >= 4 is 16.9 Å². The highest BCUT2D eigenvalue weighted by molar-refractivity contribution is 5.85. The average Bonchev–Trinajstić information content (AvgIpc) is 2.47. The Bertz CT molecular complexity index is 729. The second-order valence-electron chi connectivity index (χ2n) is 5.09. The maximum atomic E-state index is 11.7. The van der Waals surface area contributed by atoms with Gasteiger partial charge < -0.3 is 14.3 Å². The number of rotatable bonds is 4. The van der Waals surface area contributed by atoms with Crippen LogP contribution in [0.15, 0.2) is 27.4 Å². The number of phenolic OH excluding ortho intramolecular Hbond substituents is 1. The molecule has 1 aromatic heterocycles. The van der Waals surface area contributed by atoms with E-state index in [9.17, 15) is 14.7 Å². The number of aromatic hydroxyl groups is 1. The van der Waals surface area contributed by atoms with Gasteiger partial charge >= 0.3 is 11.6 Å². The number of ether oxygens (including phenoxy) is 1. The monoisotopic (exact) mass is 290 g/mol. The summed E-state index contributed by atoms with van der Waals surface area (Å²) in [6, 6.07) is 4.48. The zero-order valence-corrected chi connectivity index (χ0v) is 12.3.